The monoisotopic (exact) mass is 300 g/mol. The van der Waals surface area contributed by atoms with Crippen LogP contribution in [0.5, 0.6) is 5.75 Å². The zero-order valence-corrected chi connectivity index (χ0v) is 14.4. The van der Waals surface area contributed by atoms with E-state index in [-0.39, 0.29) is 0 Å². The van der Waals surface area contributed by atoms with Crippen LogP contribution in [-0.4, -0.2) is 0 Å². The van der Waals surface area contributed by atoms with Gasteiger partial charge in [-0.3, -0.25) is 0 Å². The van der Waals surface area contributed by atoms with Crippen LogP contribution in [0.4, 0.5) is 0 Å². The first-order valence-electron chi connectivity index (χ1n) is 9.22. The summed E-state index contributed by atoms with van der Waals surface area (Å²) in [6.07, 6.45) is 16.0. The van der Waals surface area contributed by atoms with Crippen LogP contribution in [0.15, 0.2) is 36.6 Å². The van der Waals surface area contributed by atoms with Crippen molar-refractivity contribution >= 4 is 0 Å². The predicted molar refractivity (Wildman–Crippen MR) is 95.2 cm³/mol. The normalized spacial score (nSPS) is 22.1. The van der Waals surface area contributed by atoms with E-state index in [1.165, 1.54) is 56.9 Å². The van der Waals surface area contributed by atoms with Crippen LogP contribution in [-0.2, 0) is 6.42 Å². The molecule has 0 bridgehead atoms. The van der Waals surface area contributed by atoms with Crippen LogP contribution >= 0.6 is 0 Å². The van der Waals surface area contributed by atoms with Crippen LogP contribution in [0, 0.1) is 11.8 Å². The first kappa shape index (κ1) is 17.1. The molecule has 2 rings (SSSR count). The summed E-state index contributed by atoms with van der Waals surface area (Å²) < 4.78 is 5.55. The minimum Gasteiger partial charge on any atom is -0.465 e. The van der Waals surface area contributed by atoms with Gasteiger partial charge in [0.2, 0.25) is 0 Å². The number of rotatable bonds is 8. The Morgan fingerprint density at radius 1 is 0.955 bits per heavy atom. The van der Waals surface area contributed by atoms with Gasteiger partial charge in [0.05, 0.1) is 6.26 Å². The van der Waals surface area contributed by atoms with Crippen LogP contribution in [0.2, 0.25) is 0 Å². The Kier molecular flexibility index (Phi) is 7.56. The number of ether oxygens (including phenoxy) is 1. The van der Waals surface area contributed by atoms with Crippen molar-refractivity contribution in [2.45, 2.75) is 71.6 Å². The SMILES string of the molecule is CC/C=C/Oc1ccc(CCC2CCC(CCC)CC2)cc1. The van der Waals surface area contributed by atoms with E-state index in [2.05, 4.69) is 38.1 Å². The minimum atomic E-state index is 0.938. The number of hydrogen-bond donors (Lipinski definition) is 0. The lowest BCUT2D eigenvalue weighted by molar-refractivity contribution is 0.252. The maximum atomic E-state index is 5.55. The summed E-state index contributed by atoms with van der Waals surface area (Å²) in [6, 6.07) is 8.62. The fraction of sp³-hybridized carbons (Fsp3) is 0.619. The van der Waals surface area contributed by atoms with E-state index >= 15 is 0 Å². The molecule has 0 heterocycles. The molecule has 0 spiro atoms. The summed E-state index contributed by atoms with van der Waals surface area (Å²) in [5.41, 5.74) is 1.45. The molecule has 0 saturated heterocycles. The molecule has 1 fully saturated rings. The van der Waals surface area contributed by atoms with E-state index in [0.717, 1.165) is 24.0 Å². The van der Waals surface area contributed by atoms with Gasteiger partial charge in [-0.25, -0.2) is 0 Å². The van der Waals surface area contributed by atoms with Crippen LogP contribution in [0.3, 0.4) is 0 Å². The summed E-state index contributed by atoms with van der Waals surface area (Å²) in [7, 11) is 0. The highest BCUT2D eigenvalue weighted by atomic mass is 16.5. The predicted octanol–water partition coefficient (Wildman–Crippen LogP) is 6.53. The molecule has 0 N–H and O–H groups in total. The van der Waals surface area contributed by atoms with Gasteiger partial charge in [-0.05, 0) is 54.9 Å². The standard InChI is InChI=1S/C21H32O/c1-3-5-17-22-21-15-13-20(14-16-21)12-11-19-9-7-18(6-4-2)8-10-19/h5,13-19H,3-4,6-12H2,1-2H3/b17-5+. The fourth-order valence-electron chi connectivity index (χ4n) is 3.55. The highest BCUT2D eigenvalue weighted by Crippen LogP contribution is 2.33. The third kappa shape index (κ3) is 5.87. The van der Waals surface area contributed by atoms with E-state index in [1.807, 2.05) is 6.08 Å². The van der Waals surface area contributed by atoms with Crippen molar-refractivity contribution in [3.8, 4) is 5.75 Å². The molecule has 0 aliphatic heterocycles. The summed E-state index contributed by atoms with van der Waals surface area (Å²) in [6.45, 7) is 4.43. The van der Waals surface area contributed by atoms with Crippen molar-refractivity contribution in [1.29, 1.82) is 0 Å². The quantitative estimate of drug-likeness (QED) is 0.496. The maximum absolute atomic E-state index is 5.55. The van der Waals surface area contributed by atoms with Gasteiger partial charge >= 0.3 is 0 Å². The number of benzene rings is 1. The largest absolute Gasteiger partial charge is 0.465 e. The topological polar surface area (TPSA) is 9.23 Å². The van der Waals surface area contributed by atoms with Gasteiger partial charge in [0.1, 0.15) is 5.75 Å². The molecule has 1 aromatic carbocycles. The lowest BCUT2D eigenvalue weighted by Crippen LogP contribution is -2.15. The highest BCUT2D eigenvalue weighted by molar-refractivity contribution is 5.27. The second kappa shape index (κ2) is 9.71. The molecule has 1 heteroatoms. The molecule has 0 atom stereocenters. The highest BCUT2D eigenvalue weighted by Gasteiger charge is 2.20. The Bertz CT molecular complexity index is 424. The zero-order valence-electron chi connectivity index (χ0n) is 14.4. The second-order valence-electron chi connectivity index (χ2n) is 6.76. The van der Waals surface area contributed by atoms with E-state index in [9.17, 15) is 0 Å². The van der Waals surface area contributed by atoms with E-state index in [0.29, 0.717) is 0 Å². The van der Waals surface area contributed by atoms with Gasteiger partial charge in [0, 0.05) is 0 Å². The molecule has 0 amide bonds. The van der Waals surface area contributed by atoms with Crippen molar-refractivity contribution in [3.05, 3.63) is 42.2 Å². The first-order chi connectivity index (χ1) is 10.8. The molecule has 0 unspecified atom stereocenters. The minimum absolute atomic E-state index is 0.938. The first-order valence-corrected chi connectivity index (χ1v) is 9.22. The van der Waals surface area contributed by atoms with Crippen LogP contribution in [0.1, 0.15) is 70.8 Å². The summed E-state index contributed by atoms with van der Waals surface area (Å²) in [4.78, 5) is 0. The lowest BCUT2D eigenvalue weighted by Gasteiger charge is -2.28. The number of hydrogen-bond acceptors (Lipinski definition) is 1. The molecular formula is C21H32O. The van der Waals surface area contributed by atoms with E-state index < -0.39 is 0 Å². The van der Waals surface area contributed by atoms with Gasteiger partial charge in [-0.1, -0.05) is 64.5 Å². The number of aryl methyl sites for hydroxylation is 1. The molecular weight excluding hydrogens is 268 g/mol. The van der Waals surface area contributed by atoms with Crippen molar-refractivity contribution in [1.82, 2.24) is 0 Å². The smallest absolute Gasteiger partial charge is 0.126 e. The Balaban J connectivity index is 1.70. The Hall–Kier alpha value is -1.24. The van der Waals surface area contributed by atoms with Gasteiger partial charge in [-0.15, -0.1) is 0 Å². The van der Waals surface area contributed by atoms with E-state index in [1.54, 1.807) is 6.26 Å². The number of allylic oxidation sites excluding steroid dienone is 1. The van der Waals surface area contributed by atoms with Crippen molar-refractivity contribution < 1.29 is 4.74 Å². The van der Waals surface area contributed by atoms with E-state index in [4.69, 9.17) is 4.74 Å². The van der Waals surface area contributed by atoms with Crippen molar-refractivity contribution in [3.63, 3.8) is 0 Å². The molecule has 1 aliphatic rings. The Morgan fingerprint density at radius 3 is 2.18 bits per heavy atom. The summed E-state index contributed by atoms with van der Waals surface area (Å²) in [5, 5.41) is 0. The van der Waals surface area contributed by atoms with Crippen molar-refractivity contribution in [2.75, 3.05) is 0 Å². The molecule has 0 radical (unpaired) electrons. The summed E-state index contributed by atoms with van der Waals surface area (Å²) >= 11 is 0. The molecule has 1 nitrogen and oxygen atoms in total. The summed E-state index contributed by atoms with van der Waals surface area (Å²) in [5.74, 6) is 2.92. The van der Waals surface area contributed by atoms with Gasteiger partial charge in [0.15, 0.2) is 0 Å². The average Bonchev–Trinajstić information content (AvgIpc) is 2.56. The maximum Gasteiger partial charge on any atom is 0.126 e. The van der Waals surface area contributed by atoms with Gasteiger partial charge in [0.25, 0.3) is 0 Å². The molecule has 1 saturated carbocycles. The Morgan fingerprint density at radius 2 is 1.59 bits per heavy atom. The van der Waals surface area contributed by atoms with Gasteiger partial charge in [-0.2, -0.15) is 0 Å². The second-order valence-corrected chi connectivity index (χ2v) is 6.76. The molecule has 1 aliphatic carbocycles. The molecule has 122 valence electrons. The van der Waals surface area contributed by atoms with Gasteiger partial charge < -0.3 is 4.74 Å². The third-order valence-electron chi connectivity index (χ3n) is 4.96. The van der Waals surface area contributed by atoms with Crippen molar-refractivity contribution in [2.24, 2.45) is 11.8 Å². The average molecular weight is 300 g/mol. The third-order valence-corrected chi connectivity index (χ3v) is 4.96. The lowest BCUT2D eigenvalue weighted by atomic mass is 9.78. The fourth-order valence-corrected chi connectivity index (χ4v) is 3.55. The Labute approximate surface area is 136 Å². The molecule has 0 aromatic heterocycles. The zero-order chi connectivity index (χ0) is 15.6. The molecule has 1 aromatic rings. The molecule has 22 heavy (non-hydrogen) atoms. The van der Waals surface area contributed by atoms with Crippen LogP contribution in [0.25, 0.3) is 0 Å². The van der Waals surface area contributed by atoms with Crippen LogP contribution < -0.4 is 4.74 Å².